The number of fused-ring (bicyclic) bond motifs is 1. The van der Waals surface area contributed by atoms with E-state index in [2.05, 4.69) is 4.72 Å². The molecule has 0 saturated heterocycles. The van der Waals surface area contributed by atoms with Gasteiger partial charge in [0.15, 0.2) is 0 Å². The molecule has 1 heterocycles. The van der Waals surface area contributed by atoms with Crippen molar-refractivity contribution in [3.8, 4) is 11.5 Å². The molecule has 2 aromatic carbocycles. The Balaban J connectivity index is 1.84. The lowest BCUT2D eigenvalue weighted by atomic mass is 9.93. The third-order valence-electron chi connectivity index (χ3n) is 4.95. The number of hydrogen-bond acceptors (Lipinski definition) is 5. The van der Waals surface area contributed by atoms with Crippen LogP contribution in [0.5, 0.6) is 11.5 Å². The Morgan fingerprint density at radius 3 is 2.45 bits per heavy atom. The van der Waals surface area contributed by atoms with Crippen LogP contribution in [0.3, 0.4) is 0 Å². The van der Waals surface area contributed by atoms with Crippen molar-refractivity contribution in [2.24, 2.45) is 11.3 Å². The van der Waals surface area contributed by atoms with Gasteiger partial charge in [0.2, 0.25) is 5.91 Å². The number of anilines is 2. The average Bonchev–Trinajstić information content (AvgIpc) is 2.80. The maximum absolute atomic E-state index is 12.9. The summed E-state index contributed by atoms with van der Waals surface area (Å²) in [6, 6.07) is 11.3. The molecule has 0 unspecified atom stereocenters. The fourth-order valence-electron chi connectivity index (χ4n) is 3.21. The van der Waals surface area contributed by atoms with E-state index in [1.807, 2.05) is 34.6 Å². The molecule has 168 valence electrons. The molecule has 8 heteroatoms. The highest BCUT2D eigenvalue weighted by Gasteiger charge is 2.37. The van der Waals surface area contributed by atoms with Crippen LogP contribution in [0.4, 0.5) is 11.4 Å². The van der Waals surface area contributed by atoms with Crippen LogP contribution in [0, 0.1) is 11.3 Å². The highest BCUT2D eigenvalue weighted by molar-refractivity contribution is 7.92. The molecule has 0 aliphatic carbocycles. The Hall–Kier alpha value is -2.74. The number of hydrogen-bond donors (Lipinski definition) is 1. The van der Waals surface area contributed by atoms with Gasteiger partial charge >= 0.3 is 0 Å². The number of rotatable bonds is 7. The summed E-state index contributed by atoms with van der Waals surface area (Å²) < 4.78 is 39.8. The molecular formula is C23H30N2O5S. The quantitative estimate of drug-likeness (QED) is 0.686. The van der Waals surface area contributed by atoms with E-state index in [0.29, 0.717) is 41.9 Å². The van der Waals surface area contributed by atoms with Crippen LogP contribution in [0.15, 0.2) is 47.4 Å². The van der Waals surface area contributed by atoms with Gasteiger partial charge in [-0.05, 0) is 69.2 Å². The summed E-state index contributed by atoms with van der Waals surface area (Å²) in [7, 11) is -3.81. The number of carbonyl (C=O) groups excluding carboxylic acids is 1. The normalized spacial score (nSPS) is 15.8. The highest BCUT2D eigenvalue weighted by atomic mass is 32.2. The second kappa shape index (κ2) is 8.78. The van der Waals surface area contributed by atoms with Gasteiger partial charge in [-0.2, -0.15) is 0 Å². The average molecular weight is 447 g/mol. The van der Waals surface area contributed by atoms with E-state index in [1.165, 1.54) is 12.1 Å². The summed E-state index contributed by atoms with van der Waals surface area (Å²) >= 11 is 0. The molecule has 0 spiro atoms. The predicted molar refractivity (Wildman–Crippen MR) is 121 cm³/mol. The number of amides is 1. The van der Waals surface area contributed by atoms with Crippen molar-refractivity contribution in [1.29, 1.82) is 0 Å². The SMILES string of the molecule is CCN1C(=O)C(C)(C)COc2ccc(NS(=O)(=O)c3ccc(OCC(C)C)cc3)cc21. The van der Waals surface area contributed by atoms with Gasteiger partial charge in [0.1, 0.15) is 18.1 Å². The van der Waals surface area contributed by atoms with Crippen molar-refractivity contribution in [2.75, 3.05) is 29.4 Å². The first-order chi connectivity index (χ1) is 14.5. The Bertz CT molecular complexity index is 1050. The molecule has 0 atom stereocenters. The maximum atomic E-state index is 12.9. The second-order valence-corrected chi connectivity index (χ2v) is 10.4. The molecule has 0 aromatic heterocycles. The van der Waals surface area contributed by atoms with Crippen molar-refractivity contribution in [3.05, 3.63) is 42.5 Å². The Kier molecular flexibility index (Phi) is 6.50. The summed E-state index contributed by atoms with van der Waals surface area (Å²) in [5.74, 6) is 1.48. The molecule has 0 radical (unpaired) electrons. The topological polar surface area (TPSA) is 84.9 Å². The molecule has 1 amide bonds. The third-order valence-corrected chi connectivity index (χ3v) is 6.35. The zero-order valence-corrected chi connectivity index (χ0v) is 19.5. The van der Waals surface area contributed by atoms with Gasteiger partial charge in [-0.15, -0.1) is 0 Å². The van der Waals surface area contributed by atoms with Gasteiger partial charge < -0.3 is 14.4 Å². The van der Waals surface area contributed by atoms with E-state index in [9.17, 15) is 13.2 Å². The molecular weight excluding hydrogens is 416 g/mol. The lowest BCUT2D eigenvalue weighted by Crippen LogP contribution is -2.42. The predicted octanol–water partition coefficient (Wildman–Crippen LogP) is 4.29. The number of nitrogens with zero attached hydrogens (tertiary/aromatic N) is 1. The number of nitrogens with one attached hydrogen (secondary N) is 1. The minimum atomic E-state index is -3.81. The third kappa shape index (κ3) is 5.12. The lowest BCUT2D eigenvalue weighted by molar-refractivity contribution is -0.127. The molecule has 1 aliphatic rings. The first kappa shape index (κ1) is 22.9. The standard InChI is InChI=1S/C23H30N2O5S/c1-6-25-20-13-17(7-12-21(20)30-15-23(4,5)22(25)26)24-31(27,28)19-10-8-18(9-11-19)29-14-16(2)3/h7-13,16,24H,6,14-15H2,1-5H3. The van der Waals surface area contributed by atoms with Crippen LogP contribution in [-0.2, 0) is 14.8 Å². The summed E-state index contributed by atoms with van der Waals surface area (Å²) in [4.78, 5) is 14.7. The number of sulfonamides is 1. The Morgan fingerprint density at radius 2 is 1.84 bits per heavy atom. The minimum absolute atomic E-state index is 0.0641. The lowest BCUT2D eigenvalue weighted by Gasteiger charge is -2.27. The van der Waals surface area contributed by atoms with Crippen molar-refractivity contribution in [1.82, 2.24) is 0 Å². The zero-order valence-electron chi connectivity index (χ0n) is 18.6. The first-order valence-corrected chi connectivity index (χ1v) is 11.9. The van der Waals surface area contributed by atoms with E-state index in [-0.39, 0.29) is 17.4 Å². The molecule has 0 fully saturated rings. The largest absolute Gasteiger partial charge is 0.493 e. The molecule has 1 N–H and O–H groups in total. The molecule has 0 bridgehead atoms. The fraction of sp³-hybridized carbons (Fsp3) is 0.435. The van der Waals surface area contributed by atoms with Crippen molar-refractivity contribution in [2.45, 2.75) is 39.5 Å². The zero-order chi connectivity index (χ0) is 22.8. The van der Waals surface area contributed by atoms with Gasteiger partial charge in [-0.1, -0.05) is 13.8 Å². The van der Waals surface area contributed by atoms with Crippen molar-refractivity contribution < 1.29 is 22.7 Å². The maximum Gasteiger partial charge on any atom is 0.261 e. The van der Waals surface area contributed by atoms with E-state index in [4.69, 9.17) is 9.47 Å². The smallest absolute Gasteiger partial charge is 0.261 e. The summed E-state index contributed by atoms with van der Waals surface area (Å²) in [5.41, 5.74) is 0.234. The molecule has 3 rings (SSSR count). The van der Waals surface area contributed by atoms with Gasteiger partial charge in [0.25, 0.3) is 10.0 Å². The Labute approximate surface area is 184 Å². The van der Waals surface area contributed by atoms with Crippen LogP contribution >= 0.6 is 0 Å². The number of ether oxygens (including phenoxy) is 2. The van der Waals surface area contributed by atoms with Gasteiger partial charge in [-0.25, -0.2) is 8.42 Å². The van der Waals surface area contributed by atoms with E-state index in [1.54, 1.807) is 35.2 Å². The van der Waals surface area contributed by atoms with Crippen molar-refractivity contribution in [3.63, 3.8) is 0 Å². The Morgan fingerprint density at radius 1 is 1.16 bits per heavy atom. The summed E-state index contributed by atoms with van der Waals surface area (Å²) in [5, 5.41) is 0. The first-order valence-electron chi connectivity index (χ1n) is 10.4. The van der Waals surface area contributed by atoms with Gasteiger partial charge in [0, 0.05) is 6.54 Å². The van der Waals surface area contributed by atoms with Gasteiger partial charge in [-0.3, -0.25) is 9.52 Å². The molecule has 31 heavy (non-hydrogen) atoms. The number of benzene rings is 2. The van der Waals surface area contributed by atoms with E-state index in [0.717, 1.165) is 0 Å². The van der Waals surface area contributed by atoms with E-state index >= 15 is 0 Å². The summed E-state index contributed by atoms with van der Waals surface area (Å²) in [6.07, 6.45) is 0. The van der Waals surface area contributed by atoms with Crippen LogP contribution < -0.4 is 19.1 Å². The van der Waals surface area contributed by atoms with Crippen LogP contribution in [0.1, 0.15) is 34.6 Å². The van der Waals surface area contributed by atoms with Crippen LogP contribution in [0.2, 0.25) is 0 Å². The monoisotopic (exact) mass is 446 g/mol. The molecule has 7 nitrogen and oxygen atoms in total. The minimum Gasteiger partial charge on any atom is -0.493 e. The second-order valence-electron chi connectivity index (χ2n) is 8.69. The highest BCUT2D eigenvalue weighted by Crippen LogP contribution is 2.38. The fourth-order valence-corrected chi connectivity index (χ4v) is 4.26. The number of carbonyl (C=O) groups is 1. The van der Waals surface area contributed by atoms with Crippen LogP contribution in [0.25, 0.3) is 0 Å². The summed E-state index contributed by atoms with van der Waals surface area (Å²) in [6.45, 7) is 10.9. The van der Waals surface area contributed by atoms with Crippen molar-refractivity contribution >= 4 is 27.3 Å². The van der Waals surface area contributed by atoms with Crippen LogP contribution in [-0.4, -0.2) is 34.1 Å². The molecule has 1 aliphatic heterocycles. The van der Waals surface area contributed by atoms with E-state index < -0.39 is 15.4 Å². The molecule has 0 saturated carbocycles. The van der Waals surface area contributed by atoms with Gasteiger partial charge in [0.05, 0.1) is 28.3 Å². The molecule has 2 aromatic rings.